The minimum Gasteiger partial charge on any atom is -0.365 e. The molecule has 29 heavy (non-hydrogen) atoms. The predicted molar refractivity (Wildman–Crippen MR) is 109 cm³/mol. The van der Waals surface area contributed by atoms with E-state index in [0.717, 1.165) is 29.4 Å². The maximum absolute atomic E-state index is 13.9. The Hall–Kier alpha value is -3.27. The van der Waals surface area contributed by atoms with Gasteiger partial charge in [-0.15, -0.1) is 0 Å². The van der Waals surface area contributed by atoms with Crippen LogP contribution in [0, 0.1) is 0 Å². The number of rotatable bonds is 5. The maximum Gasteiger partial charge on any atom is 0.254 e. The van der Waals surface area contributed by atoms with Gasteiger partial charge in [-0.1, -0.05) is 6.07 Å². The summed E-state index contributed by atoms with van der Waals surface area (Å²) in [5.74, 6) is -0.145. The molecule has 9 nitrogen and oxygen atoms in total. The molecule has 1 aromatic carbocycles. The van der Waals surface area contributed by atoms with Crippen molar-refractivity contribution in [1.29, 1.82) is 0 Å². The first kappa shape index (κ1) is 19.1. The third-order valence-corrected chi connectivity index (χ3v) is 5.29. The second-order valence-corrected chi connectivity index (χ2v) is 7.23. The van der Waals surface area contributed by atoms with E-state index in [-0.39, 0.29) is 23.4 Å². The molecule has 1 saturated carbocycles. The van der Waals surface area contributed by atoms with Crippen molar-refractivity contribution in [2.75, 3.05) is 10.6 Å². The molecule has 3 atom stereocenters. The summed E-state index contributed by atoms with van der Waals surface area (Å²) in [6.07, 6.45) is 3.94. The van der Waals surface area contributed by atoms with Gasteiger partial charge < -0.3 is 22.1 Å². The van der Waals surface area contributed by atoms with Gasteiger partial charge in [-0.25, -0.2) is 9.37 Å². The number of amides is 1. The number of benzene rings is 1. The van der Waals surface area contributed by atoms with Crippen molar-refractivity contribution in [3.05, 3.63) is 36.2 Å². The maximum atomic E-state index is 13.9. The number of aromatic nitrogens is 4. The molecule has 3 aromatic rings. The molecule has 1 amide bonds. The SMILES string of the molecule is Cn1ncc2c(Nc3nc(N[C@@H]4CCC[C@H](F)[C@@H]4N)ncc3C(N)=O)cccc21. The van der Waals surface area contributed by atoms with Crippen LogP contribution in [0.5, 0.6) is 0 Å². The minimum atomic E-state index is -1.06. The second kappa shape index (κ2) is 7.63. The van der Waals surface area contributed by atoms with Gasteiger partial charge in [0.15, 0.2) is 0 Å². The Morgan fingerprint density at radius 3 is 2.93 bits per heavy atom. The summed E-state index contributed by atoms with van der Waals surface area (Å²) in [6.45, 7) is 0. The smallest absolute Gasteiger partial charge is 0.254 e. The molecule has 152 valence electrons. The van der Waals surface area contributed by atoms with Crippen LogP contribution in [0.2, 0.25) is 0 Å². The number of carbonyl (C=O) groups is 1. The Bertz CT molecular complexity index is 1050. The Labute approximate surface area is 166 Å². The van der Waals surface area contributed by atoms with Gasteiger partial charge in [-0.2, -0.15) is 10.1 Å². The monoisotopic (exact) mass is 398 g/mol. The van der Waals surface area contributed by atoms with Gasteiger partial charge in [-0.3, -0.25) is 9.48 Å². The van der Waals surface area contributed by atoms with E-state index in [9.17, 15) is 9.18 Å². The molecule has 2 heterocycles. The fraction of sp³-hybridized carbons (Fsp3) is 0.368. The number of nitrogens with one attached hydrogen (secondary N) is 2. The van der Waals surface area contributed by atoms with Gasteiger partial charge in [0, 0.05) is 24.7 Å². The number of nitrogens with zero attached hydrogens (tertiary/aromatic N) is 4. The summed E-state index contributed by atoms with van der Waals surface area (Å²) in [5.41, 5.74) is 13.3. The lowest BCUT2D eigenvalue weighted by Gasteiger charge is -2.32. The Balaban J connectivity index is 1.66. The zero-order valence-electron chi connectivity index (χ0n) is 16.0. The van der Waals surface area contributed by atoms with Gasteiger partial charge in [0.05, 0.1) is 23.4 Å². The first-order chi connectivity index (χ1) is 13.9. The number of hydrogen-bond acceptors (Lipinski definition) is 7. The van der Waals surface area contributed by atoms with Gasteiger partial charge in [0.1, 0.15) is 17.6 Å². The molecule has 1 aliphatic carbocycles. The van der Waals surface area contributed by atoms with Crippen molar-refractivity contribution < 1.29 is 9.18 Å². The third kappa shape index (κ3) is 3.70. The van der Waals surface area contributed by atoms with Crippen molar-refractivity contribution in [2.45, 2.75) is 37.5 Å². The number of aryl methyl sites for hydroxylation is 1. The number of hydrogen-bond donors (Lipinski definition) is 4. The summed E-state index contributed by atoms with van der Waals surface area (Å²) >= 11 is 0. The van der Waals surface area contributed by atoms with Crippen molar-refractivity contribution in [1.82, 2.24) is 19.7 Å². The average Bonchev–Trinajstić information content (AvgIpc) is 3.08. The van der Waals surface area contributed by atoms with Crippen LogP contribution in [0.3, 0.4) is 0 Å². The lowest BCUT2D eigenvalue weighted by Crippen LogP contribution is -2.49. The summed E-state index contributed by atoms with van der Waals surface area (Å²) < 4.78 is 15.7. The van der Waals surface area contributed by atoms with Crippen LogP contribution in [0.25, 0.3) is 10.9 Å². The lowest BCUT2D eigenvalue weighted by atomic mass is 9.89. The van der Waals surface area contributed by atoms with Crippen LogP contribution in [0.1, 0.15) is 29.6 Å². The van der Waals surface area contributed by atoms with Crippen molar-refractivity contribution >= 4 is 34.3 Å². The van der Waals surface area contributed by atoms with Crippen LogP contribution in [-0.2, 0) is 7.05 Å². The Kier molecular flexibility index (Phi) is 5.01. The number of primary amides is 1. The van der Waals surface area contributed by atoms with Crippen molar-refractivity contribution in [2.24, 2.45) is 18.5 Å². The largest absolute Gasteiger partial charge is 0.365 e. The molecule has 1 aliphatic rings. The molecular weight excluding hydrogens is 375 g/mol. The zero-order valence-corrected chi connectivity index (χ0v) is 16.0. The van der Waals surface area contributed by atoms with E-state index in [4.69, 9.17) is 11.5 Å². The molecular formula is C19H23FN8O. The molecule has 4 rings (SSSR count). The fourth-order valence-electron chi connectivity index (χ4n) is 3.64. The molecule has 1 fully saturated rings. The average molecular weight is 398 g/mol. The number of alkyl halides is 1. The molecule has 0 saturated heterocycles. The molecule has 6 N–H and O–H groups in total. The second-order valence-electron chi connectivity index (χ2n) is 7.23. The summed E-state index contributed by atoms with van der Waals surface area (Å²) in [4.78, 5) is 20.5. The Morgan fingerprint density at radius 2 is 2.14 bits per heavy atom. The summed E-state index contributed by atoms with van der Waals surface area (Å²) in [7, 11) is 1.85. The normalized spacial score (nSPS) is 21.8. The van der Waals surface area contributed by atoms with Crippen LogP contribution in [-0.4, -0.2) is 43.9 Å². The molecule has 0 aliphatic heterocycles. The standard InChI is InChI=1S/C19H23FN8O/c1-28-15-7-3-5-13(10(15)9-24-28)25-18-11(17(22)29)8-23-19(27-18)26-14-6-2-4-12(20)16(14)21/h3,5,7-9,12,14,16H,2,4,6,21H2,1H3,(H2,22,29)(H2,23,25,26,27)/t12-,14+,16-/m0/s1. The Morgan fingerprint density at radius 1 is 1.31 bits per heavy atom. The van der Waals surface area contributed by atoms with Gasteiger partial charge in [0.25, 0.3) is 5.91 Å². The number of carbonyl (C=O) groups excluding carboxylic acids is 1. The van der Waals surface area contributed by atoms with Crippen LogP contribution >= 0.6 is 0 Å². The van der Waals surface area contributed by atoms with Gasteiger partial charge in [-0.05, 0) is 31.4 Å². The highest BCUT2D eigenvalue weighted by Crippen LogP contribution is 2.28. The molecule has 2 aromatic heterocycles. The topological polar surface area (TPSA) is 137 Å². The van der Waals surface area contributed by atoms with E-state index in [1.165, 1.54) is 6.20 Å². The van der Waals surface area contributed by atoms with Crippen molar-refractivity contribution in [3.8, 4) is 0 Å². The van der Waals surface area contributed by atoms with Crippen molar-refractivity contribution in [3.63, 3.8) is 0 Å². The number of anilines is 3. The molecule has 10 heteroatoms. The van der Waals surface area contributed by atoms with E-state index in [2.05, 4.69) is 25.7 Å². The van der Waals surface area contributed by atoms with Crippen LogP contribution < -0.4 is 22.1 Å². The molecule has 0 radical (unpaired) electrons. The van der Waals surface area contributed by atoms with E-state index in [1.54, 1.807) is 10.9 Å². The lowest BCUT2D eigenvalue weighted by molar-refractivity contribution is 0.100. The third-order valence-electron chi connectivity index (χ3n) is 5.29. The molecule has 0 unspecified atom stereocenters. The van der Waals surface area contributed by atoms with E-state index < -0.39 is 18.1 Å². The molecule has 0 bridgehead atoms. The fourth-order valence-corrected chi connectivity index (χ4v) is 3.64. The first-order valence-corrected chi connectivity index (χ1v) is 9.45. The number of halogens is 1. The predicted octanol–water partition coefficient (Wildman–Crippen LogP) is 1.84. The van der Waals surface area contributed by atoms with E-state index >= 15 is 0 Å². The van der Waals surface area contributed by atoms with Gasteiger partial charge in [0.2, 0.25) is 5.95 Å². The highest BCUT2D eigenvalue weighted by Gasteiger charge is 2.31. The van der Waals surface area contributed by atoms with Crippen LogP contribution in [0.15, 0.2) is 30.6 Å². The number of nitrogens with two attached hydrogens (primary N) is 2. The highest BCUT2D eigenvalue weighted by molar-refractivity contribution is 6.00. The van der Waals surface area contributed by atoms with Crippen LogP contribution in [0.4, 0.5) is 21.8 Å². The quantitative estimate of drug-likeness (QED) is 0.514. The number of fused-ring (bicyclic) bond motifs is 1. The van der Waals surface area contributed by atoms with Gasteiger partial charge >= 0.3 is 0 Å². The van der Waals surface area contributed by atoms with E-state index in [1.807, 2.05) is 25.2 Å². The zero-order chi connectivity index (χ0) is 20.5. The summed E-state index contributed by atoms with van der Waals surface area (Å²) in [6, 6.07) is 4.75. The van der Waals surface area contributed by atoms with E-state index in [0.29, 0.717) is 6.42 Å². The molecule has 0 spiro atoms. The summed E-state index contributed by atoms with van der Waals surface area (Å²) in [5, 5.41) is 11.4. The first-order valence-electron chi connectivity index (χ1n) is 9.45. The minimum absolute atomic E-state index is 0.146. The highest BCUT2D eigenvalue weighted by atomic mass is 19.1.